The number of halogens is 1. The predicted octanol–water partition coefficient (Wildman–Crippen LogP) is 3.94. The quantitative estimate of drug-likeness (QED) is 0.659. The highest BCUT2D eigenvalue weighted by molar-refractivity contribution is 6.30. The lowest BCUT2D eigenvalue weighted by atomic mass is 9.99. The van der Waals surface area contributed by atoms with Crippen molar-refractivity contribution in [1.82, 2.24) is 14.3 Å². The van der Waals surface area contributed by atoms with Gasteiger partial charge in [0.05, 0.1) is 17.8 Å². The van der Waals surface area contributed by atoms with Gasteiger partial charge in [-0.3, -0.25) is 19.2 Å². The van der Waals surface area contributed by atoms with Crippen LogP contribution in [-0.2, 0) is 7.05 Å². The summed E-state index contributed by atoms with van der Waals surface area (Å²) in [6.07, 6.45) is 3.92. The molecule has 1 saturated carbocycles. The molecule has 7 heteroatoms. The molecule has 1 aliphatic heterocycles. The zero-order chi connectivity index (χ0) is 20.4. The van der Waals surface area contributed by atoms with Gasteiger partial charge in [-0.2, -0.15) is 5.10 Å². The molecule has 0 bridgehead atoms. The highest BCUT2D eigenvalue weighted by atomic mass is 35.5. The van der Waals surface area contributed by atoms with Gasteiger partial charge in [0.2, 0.25) is 0 Å². The lowest BCUT2D eigenvalue weighted by Crippen LogP contribution is -2.32. The monoisotopic (exact) mass is 408 g/mol. The van der Waals surface area contributed by atoms with E-state index in [9.17, 15) is 9.59 Å². The first kappa shape index (κ1) is 18.2. The first-order valence-corrected chi connectivity index (χ1v) is 10.1. The van der Waals surface area contributed by atoms with Crippen LogP contribution in [-0.4, -0.2) is 20.3 Å². The first-order chi connectivity index (χ1) is 13.9. The van der Waals surface area contributed by atoms with Gasteiger partial charge in [0.25, 0.3) is 11.5 Å². The molecule has 0 radical (unpaired) electrons. The first-order valence-electron chi connectivity index (χ1n) is 9.72. The number of hydrogen-bond acceptors (Lipinski definition) is 3. The smallest absolute Gasteiger partial charge is 0.280 e. The van der Waals surface area contributed by atoms with Gasteiger partial charge in [0.15, 0.2) is 5.69 Å². The molecule has 0 unspecified atom stereocenters. The molecule has 1 atom stereocenters. The second-order valence-electron chi connectivity index (χ2n) is 7.95. The lowest BCUT2D eigenvalue weighted by molar-refractivity contribution is 0.0987. The molecule has 0 spiro atoms. The number of amides is 1. The normalized spacial score (nSPS) is 18.4. The minimum Gasteiger partial charge on any atom is -0.316 e. The summed E-state index contributed by atoms with van der Waals surface area (Å²) in [6.45, 7) is 3.80. The SMILES string of the molecule is Cc1cc(N2C(=O)c3nn(C4CC4)c(C)c3[C@@H]2c2ccc(Cl)cc2)cn(C)c1=O. The summed E-state index contributed by atoms with van der Waals surface area (Å²) < 4.78 is 3.53. The standard InChI is InChI=1S/C22H21ClN4O2/c1-12-10-17(11-25(3)21(12)28)26-20(14-4-6-15(23)7-5-14)18-13(2)27(16-8-9-16)24-19(18)22(26)29/h4-7,10-11,16,20H,8-9H2,1-3H3/t20-/m0/s1. The molecule has 3 heterocycles. The Hall–Kier alpha value is -2.86. The van der Waals surface area contributed by atoms with Crippen molar-refractivity contribution in [3.05, 3.63) is 80.0 Å². The van der Waals surface area contributed by atoms with Crippen LogP contribution in [0, 0.1) is 13.8 Å². The van der Waals surface area contributed by atoms with E-state index in [0.717, 1.165) is 29.7 Å². The Morgan fingerprint density at radius 1 is 1.10 bits per heavy atom. The maximum Gasteiger partial charge on any atom is 0.280 e. The van der Waals surface area contributed by atoms with Gasteiger partial charge in [-0.15, -0.1) is 0 Å². The molecule has 1 aliphatic carbocycles. The number of aryl methyl sites for hydroxylation is 2. The van der Waals surface area contributed by atoms with E-state index in [1.807, 2.05) is 35.9 Å². The number of hydrogen-bond donors (Lipinski definition) is 0. The van der Waals surface area contributed by atoms with Gasteiger partial charge in [-0.25, -0.2) is 0 Å². The summed E-state index contributed by atoms with van der Waals surface area (Å²) in [6, 6.07) is 9.44. The van der Waals surface area contributed by atoms with E-state index < -0.39 is 0 Å². The van der Waals surface area contributed by atoms with E-state index in [-0.39, 0.29) is 17.5 Å². The fraction of sp³-hybridized carbons (Fsp3) is 0.318. The average Bonchev–Trinajstić information content (AvgIpc) is 3.42. The molecular formula is C22H21ClN4O2. The van der Waals surface area contributed by atoms with E-state index in [2.05, 4.69) is 0 Å². The molecule has 5 rings (SSSR count). The number of benzene rings is 1. The van der Waals surface area contributed by atoms with E-state index in [1.165, 1.54) is 4.57 Å². The Morgan fingerprint density at radius 3 is 2.41 bits per heavy atom. The fourth-order valence-electron chi connectivity index (χ4n) is 4.27. The Labute approximate surface area is 173 Å². The largest absolute Gasteiger partial charge is 0.316 e. The van der Waals surface area contributed by atoms with Crippen molar-refractivity contribution in [2.75, 3.05) is 4.90 Å². The van der Waals surface area contributed by atoms with Crippen LogP contribution in [0.1, 0.15) is 57.8 Å². The third-order valence-corrected chi connectivity index (χ3v) is 6.11. The van der Waals surface area contributed by atoms with Gasteiger partial charge < -0.3 is 4.57 Å². The maximum atomic E-state index is 13.5. The van der Waals surface area contributed by atoms with Crippen molar-refractivity contribution in [3.8, 4) is 0 Å². The highest BCUT2D eigenvalue weighted by Crippen LogP contribution is 2.45. The summed E-state index contributed by atoms with van der Waals surface area (Å²) in [5.74, 6) is -0.138. The summed E-state index contributed by atoms with van der Waals surface area (Å²) in [5.41, 5.74) is 4.64. The molecule has 0 saturated heterocycles. The van der Waals surface area contributed by atoms with E-state index in [0.29, 0.717) is 28.0 Å². The molecular weight excluding hydrogens is 388 g/mol. The molecule has 1 amide bonds. The second kappa shape index (κ2) is 6.32. The third-order valence-electron chi connectivity index (χ3n) is 5.85. The van der Waals surface area contributed by atoms with Crippen LogP contribution in [0.3, 0.4) is 0 Å². The topological polar surface area (TPSA) is 60.1 Å². The number of nitrogens with zero attached hydrogens (tertiary/aromatic N) is 4. The van der Waals surface area contributed by atoms with Gasteiger partial charge >= 0.3 is 0 Å². The molecule has 2 aliphatic rings. The molecule has 1 aromatic carbocycles. The number of anilines is 1. The molecule has 148 valence electrons. The minimum atomic E-state index is -0.306. The van der Waals surface area contributed by atoms with Gasteiger partial charge in [0.1, 0.15) is 0 Å². The van der Waals surface area contributed by atoms with E-state index in [4.69, 9.17) is 16.7 Å². The molecule has 1 fully saturated rings. The van der Waals surface area contributed by atoms with Crippen LogP contribution in [0.2, 0.25) is 5.02 Å². The van der Waals surface area contributed by atoms with Gasteiger partial charge in [-0.05, 0) is 50.5 Å². The summed E-state index contributed by atoms with van der Waals surface area (Å²) >= 11 is 6.11. The van der Waals surface area contributed by atoms with Crippen LogP contribution in [0.5, 0.6) is 0 Å². The molecule has 6 nitrogen and oxygen atoms in total. The lowest BCUT2D eigenvalue weighted by Gasteiger charge is -2.27. The molecule has 29 heavy (non-hydrogen) atoms. The summed E-state index contributed by atoms with van der Waals surface area (Å²) in [5, 5.41) is 5.34. The number of rotatable bonds is 3. The van der Waals surface area contributed by atoms with E-state index in [1.54, 1.807) is 31.1 Å². The number of carbonyl (C=O) groups excluding carboxylic acids is 1. The highest BCUT2D eigenvalue weighted by Gasteiger charge is 2.45. The Morgan fingerprint density at radius 2 is 1.79 bits per heavy atom. The number of pyridine rings is 1. The van der Waals surface area contributed by atoms with Crippen molar-refractivity contribution in [2.45, 2.75) is 38.8 Å². The molecule has 0 N–H and O–H groups in total. The van der Waals surface area contributed by atoms with Crippen molar-refractivity contribution < 1.29 is 4.79 Å². The molecule has 2 aromatic heterocycles. The van der Waals surface area contributed by atoms with Crippen molar-refractivity contribution >= 4 is 23.2 Å². The third kappa shape index (κ3) is 2.74. The van der Waals surface area contributed by atoms with Crippen LogP contribution in [0.25, 0.3) is 0 Å². The summed E-state index contributed by atoms with van der Waals surface area (Å²) in [4.78, 5) is 27.4. The maximum absolute atomic E-state index is 13.5. The molecule has 3 aromatic rings. The number of fused-ring (bicyclic) bond motifs is 1. The van der Waals surface area contributed by atoms with Crippen LogP contribution in [0.15, 0.2) is 41.3 Å². The van der Waals surface area contributed by atoms with Crippen LogP contribution < -0.4 is 10.5 Å². The fourth-order valence-corrected chi connectivity index (χ4v) is 4.39. The Kier molecular flexibility index (Phi) is 3.96. The average molecular weight is 409 g/mol. The zero-order valence-electron chi connectivity index (χ0n) is 16.5. The second-order valence-corrected chi connectivity index (χ2v) is 8.39. The van der Waals surface area contributed by atoms with Crippen molar-refractivity contribution in [1.29, 1.82) is 0 Å². The Balaban J connectivity index is 1.72. The number of aromatic nitrogens is 3. The minimum absolute atomic E-state index is 0.0729. The predicted molar refractivity (Wildman–Crippen MR) is 112 cm³/mol. The van der Waals surface area contributed by atoms with Crippen molar-refractivity contribution in [3.63, 3.8) is 0 Å². The van der Waals surface area contributed by atoms with Crippen LogP contribution in [0.4, 0.5) is 5.69 Å². The van der Waals surface area contributed by atoms with E-state index >= 15 is 0 Å². The number of carbonyl (C=O) groups is 1. The van der Waals surface area contributed by atoms with Crippen molar-refractivity contribution in [2.24, 2.45) is 7.05 Å². The summed E-state index contributed by atoms with van der Waals surface area (Å²) in [7, 11) is 1.70. The van der Waals surface area contributed by atoms with Gasteiger partial charge in [-0.1, -0.05) is 23.7 Å². The van der Waals surface area contributed by atoms with Gasteiger partial charge in [0, 0.05) is 35.1 Å². The zero-order valence-corrected chi connectivity index (χ0v) is 17.3. The van der Waals surface area contributed by atoms with Crippen LogP contribution >= 0.6 is 11.6 Å². The Bertz CT molecular complexity index is 1180.